The zero-order chi connectivity index (χ0) is 59.7. The molecule has 0 bridgehead atoms. The van der Waals surface area contributed by atoms with Crippen LogP contribution in [-0.2, 0) is 5.41 Å². The number of anilines is 6. The molecule has 89 heavy (non-hydrogen) atoms. The lowest BCUT2D eigenvalue weighted by Crippen LogP contribution is -2.17. The third-order valence-electron chi connectivity index (χ3n) is 18.7. The van der Waals surface area contributed by atoms with Crippen molar-refractivity contribution >= 4 is 105 Å². The molecule has 0 aliphatic heterocycles. The summed E-state index contributed by atoms with van der Waals surface area (Å²) in [4.78, 5) is 4.84. The molecule has 0 fully saturated rings. The number of rotatable bonds is 12. The van der Waals surface area contributed by atoms with Crippen molar-refractivity contribution in [3.63, 3.8) is 0 Å². The lowest BCUT2D eigenvalue weighted by Gasteiger charge is -2.28. The van der Waals surface area contributed by atoms with Crippen LogP contribution in [0.4, 0.5) is 34.1 Å². The Morgan fingerprint density at radius 1 is 0.337 bits per heavy atom. The van der Waals surface area contributed by atoms with E-state index in [0.29, 0.717) is 0 Å². The van der Waals surface area contributed by atoms with Gasteiger partial charge in [0.1, 0.15) is 0 Å². The Balaban J connectivity index is 0.882. The van der Waals surface area contributed by atoms with E-state index in [-0.39, 0.29) is 5.41 Å². The number of para-hydroxylation sites is 1. The van der Waals surface area contributed by atoms with E-state index in [1.165, 1.54) is 93.0 Å². The fourth-order valence-electron chi connectivity index (χ4n) is 14.4. The van der Waals surface area contributed by atoms with Gasteiger partial charge in [0.05, 0.1) is 16.7 Å². The lowest BCUT2D eigenvalue weighted by molar-refractivity contribution is 0.654. The number of nitrogens with zero attached hydrogens (tertiary/aromatic N) is 3. The first-order chi connectivity index (χ1) is 43.8. The number of benzene rings is 14. The average molecular weight is 1140 g/mol. The van der Waals surface area contributed by atoms with E-state index in [2.05, 4.69) is 351 Å². The van der Waals surface area contributed by atoms with Crippen LogP contribution < -0.4 is 9.80 Å². The second-order valence-corrected chi connectivity index (χ2v) is 24.0. The lowest BCUT2D eigenvalue weighted by atomic mass is 9.80. The predicted molar refractivity (Wildman–Crippen MR) is 381 cm³/mol. The first-order valence-corrected chi connectivity index (χ1v) is 30.9. The molecular weight excluding hydrogens is 1070 g/mol. The van der Waals surface area contributed by atoms with Gasteiger partial charge in [0, 0.05) is 55.7 Å². The van der Waals surface area contributed by atoms with Crippen molar-refractivity contribution in [2.45, 2.75) is 26.2 Å². The second kappa shape index (κ2) is 21.6. The van der Waals surface area contributed by atoms with Gasteiger partial charge in [0.15, 0.2) is 0 Å². The Kier molecular flexibility index (Phi) is 12.9. The number of hydrogen-bond acceptors (Lipinski definition) is 2. The molecule has 0 saturated carbocycles. The van der Waals surface area contributed by atoms with Crippen LogP contribution in [0.15, 0.2) is 328 Å². The maximum absolute atomic E-state index is 4.26. The van der Waals surface area contributed by atoms with Gasteiger partial charge in [-0.25, -0.2) is 0 Å². The first kappa shape index (κ1) is 53.2. The van der Waals surface area contributed by atoms with Crippen LogP contribution >= 0.6 is 0 Å². The zero-order valence-corrected chi connectivity index (χ0v) is 50.1. The Bertz CT molecular complexity index is 5310. The van der Waals surface area contributed by atoms with E-state index in [0.717, 1.165) is 67.4 Å². The van der Waals surface area contributed by atoms with Crippen LogP contribution in [0.25, 0.3) is 110 Å². The molecule has 0 amide bonds. The van der Waals surface area contributed by atoms with Crippen molar-refractivity contribution < 1.29 is 0 Å². The Morgan fingerprint density at radius 3 is 1.44 bits per heavy atom. The van der Waals surface area contributed by atoms with Crippen LogP contribution in [0, 0.1) is 0 Å². The molecular formula is C86H63N3. The molecule has 1 aliphatic carbocycles. The fraction of sp³-hybridized carbons (Fsp3) is 0.0465. The molecule has 0 N–H and O–H groups in total. The number of allylic oxidation sites excluding steroid dienone is 5. The van der Waals surface area contributed by atoms with Gasteiger partial charge in [-0.2, -0.15) is 0 Å². The van der Waals surface area contributed by atoms with Gasteiger partial charge < -0.3 is 14.4 Å². The van der Waals surface area contributed by atoms with Gasteiger partial charge in [-0.1, -0.05) is 239 Å². The summed E-state index contributed by atoms with van der Waals surface area (Å²) in [7, 11) is 0. The minimum Gasteiger partial charge on any atom is -0.310 e. The van der Waals surface area contributed by atoms with E-state index in [4.69, 9.17) is 0 Å². The van der Waals surface area contributed by atoms with Crippen molar-refractivity contribution in [3.8, 4) is 39.1 Å². The Labute approximate surface area is 519 Å². The molecule has 0 spiro atoms. The van der Waals surface area contributed by atoms with Gasteiger partial charge in [-0.3, -0.25) is 0 Å². The summed E-state index contributed by atoms with van der Waals surface area (Å²) in [6.07, 6.45) is 6.41. The van der Waals surface area contributed by atoms with Gasteiger partial charge in [0.2, 0.25) is 0 Å². The normalized spacial score (nSPS) is 12.9. The summed E-state index contributed by atoms with van der Waals surface area (Å²) in [5.41, 5.74) is 21.8. The zero-order valence-electron chi connectivity index (χ0n) is 50.1. The van der Waals surface area contributed by atoms with Crippen LogP contribution in [0.1, 0.15) is 31.9 Å². The highest BCUT2D eigenvalue weighted by molar-refractivity contribution is 6.26. The fourth-order valence-corrected chi connectivity index (χ4v) is 14.4. The van der Waals surface area contributed by atoms with Gasteiger partial charge >= 0.3 is 0 Å². The first-order valence-electron chi connectivity index (χ1n) is 30.9. The van der Waals surface area contributed by atoms with Crippen molar-refractivity contribution in [1.29, 1.82) is 0 Å². The maximum Gasteiger partial charge on any atom is 0.0542 e. The Morgan fingerprint density at radius 2 is 0.798 bits per heavy atom. The molecule has 0 saturated heterocycles. The summed E-state index contributed by atoms with van der Waals surface area (Å²) >= 11 is 0. The maximum atomic E-state index is 4.26. The largest absolute Gasteiger partial charge is 0.310 e. The minimum atomic E-state index is -0.192. The third-order valence-corrected chi connectivity index (χ3v) is 18.7. The summed E-state index contributed by atoms with van der Waals surface area (Å²) in [5, 5.41) is 12.2. The van der Waals surface area contributed by atoms with E-state index < -0.39 is 0 Å². The standard InChI is InChI=1S/C86H63N3/c1-5-22-81-68(6-2)76-48-45-67(56-82(76)86(81,3)4)87(62-27-14-9-15-28-62)63-40-37-59(38-41-63)61-39-50-84-79(53-61)80-55-65(46-51-85(80)89(84)66-44-47-75-73-32-17-16-30-71(73)72-31-18-19-33-74(72)78(75)54-66)88(64-42-35-58(36-43-64)57-23-10-7-11-24-57)83-52-49-69(60-25-12-8-13-26-60)70-29-20-21-34-77(70)83/h5-56H,2H2,1,3-4H3/b22-5-. The van der Waals surface area contributed by atoms with Gasteiger partial charge in [0.25, 0.3) is 0 Å². The quantitative estimate of drug-likeness (QED) is 0.113. The molecule has 1 heterocycles. The summed E-state index contributed by atoms with van der Waals surface area (Å²) in [5.74, 6) is 0. The predicted octanol–water partition coefficient (Wildman–Crippen LogP) is 24.1. The molecule has 15 aromatic rings. The van der Waals surface area contributed by atoms with Crippen LogP contribution in [0.2, 0.25) is 0 Å². The minimum absolute atomic E-state index is 0.192. The highest BCUT2D eigenvalue weighted by atomic mass is 15.1. The van der Waals surface area contributed by atoms with Crippen molar-refractivity contribution in [2.75, 3.05) is 9.80 Å². The smallest absolute Gasteiger partial charge is 0.0542 e. The van der Waals surface area contributed by atoms with Gasteiger partial charge in [-0.05, 0) is 197 Å². The average Bonchev–Trinajstić information content (AvgIpc) is 1.98. The number of fused-ring (bicyclic) bond motifs is 11. The van der Waals surface area contributed by atoms with E-state index in [9.17, 15) is 0 Å². The van der Waals surface area contributed by atoms with E-state index in [1.54, 1.807) is 0 Å². The SMILES string of the molecule is C=CC1=C(/C=C\C)C(C)(C)c2cc(N(c3ccccc3)c3ccc(-c4ccc5c(c4)c4cc(N(c6ccc(-c7ccccc7)cc6)c6ccc(-c7ccccc7)c7ccccc67)ccc4n5-c4ccc5c6ccccc6c6ccccc6c5c4)cc3)ccc21. The molecule has 0 unspecified atom stereocenters. The van der Waals surface area contributed by atoms with Crippen LogP contribution in [-0.4, -0.2) is 4.57 Å². The number of hydrogen-bond donors (Lipinski definition) is 0. The third kappa shape index (κ3) is 8.88. The second-order valence-electron chi connectivity index (χ2n) is 24.0. The monoisotopic (exact) mass is 1140 g/mol. The number of aromatic nitrogens is 1. The van der Waals surface area contributed by atoms with E-state index in [1.807, 2.05) is 6.08 Å². The molecule has 1 aromatic heterocycles. The van der Waals surface area contributed by atoms with Crippen LogP contribution in [0.3, 0.4) is 0 Å². The summed E-state index contributed by atoms with van der Waals surface area (Å²) in [6, 6.07) is 110. The molecule has 422 valence electrons. The van der Waals surface area contributed by atoms with Crippen molar-refractivity contribution in [2.24, 2.45) is 0 Å². The molecule has 1 aliphatic rings. The Hall–Kier alpha value is -11.3. The topological polar surface area (TPSA) is 11.4 Å². The van der Waals surface area contributed by atoms with Crippen LogP contribution in [0.5, 0.6) is 0 Å². The highest BCUT2D eigenvalue weighted by Gasteiger charge is 2.36. The molecule has 3 heteroatoms. The molecule has 0 radical (unpaired) electrons. The van der Waals surface area contributed by atoms with Crippen molar-refractivity contribution in [3.05, 3.63) is 339 Å². The molecule has 3 nitrogen and oxygen atoms in total. The summed E-state index contributed by atoms with van der Waals surface area (Å²) < 4.78 is 2.48. The molecule has 14 aromatic carbocycles. The molecule has 16 rings (SSSR count). The van der Waals surface area contributed by atoms with E-state index >= 15 is 0 Å². The van der Waals surface area contributed by atoms with Gasteiger partial charge in [-0.15, -0.1) is 0 Å². The highest BCUT2D eigenvalue weighted by Crippen LogP contribution is 2.51. The van der Waals surface area contributed by atoms with Crippen molar-refractivity contribution in [1.82, 2.24) is 4.57 Å². The molecule has 0 atom stereocenters. The summed E-state index contributed by atoms with van der Waals surface area (Å²) in [6.45, 7) is 11.0.